The Kier molecular flexibility index (Phi) is 7.48. The quantitative estimate of drug-likeness (QED) is 0.640. The van der Waals surface area contributed by atoms with Gasteiger partial charge >= 0.3 is 5.97 Å². The highest BCUT2D eigenvalue weighted by Crippen LogP contribution is 2.00. The van der Waals surface area contributed by atoms with Crippen LogP contribution in [0.25, 0.3) is 0 Å². The predicted octanol–water partition coefficient (Wildman–Crippen LogP) is 1.96. The monoisotopic (exact) mass is 201 g/mol. The number of nitrogens with one attached hydrogen (secondary N) is 1. The van der Waals surface area contributed by atoms with Crippen LogP contribution in [-0.4, -0.2) is 25.2 Å². The fourth-order valence-corrected chi connectivity index (χ4v) is 1.19. The van der Waals surface area contributed by atoms with Crippen LogP contribution in [0.1, 0.15) is 40.5 Å². The molecule has 84 valence electrons. The van der Waals surface area contributed by atoms with Crippen molar-refractivity contribution in [3.8, 4) is 0 Å². The molecule has 0 amide bonds. The van der Waals surface area contributed by atoms with Gasteiger partial charge in [-0.15, -0.1) is 0 Å². The third kappa shape index (κ3) is 8.05. The molecule has 0 rings (SSSR count). The molecular formula is C11H23NO2. The molecule has 0 saturated heterocycles. The maximum atomic E-state index is 11.2. The van der Waals surface area contributed by atoms with E-state index in [2.05, 4.69) is 26.1 Å². The first-order chi connectivity index (χ1) is 6.56. The maximum absolute atomic E-state index is 11.2. The Morgan fingerprint density at radius 1 is 1.36 bits per heavy atom. The third-order valence-electron chi connectivity index (χ3n) is 1.85. The summed E-state index contributed by atoms with van der Waals surface area (Å²) < 4.78 is 5.17. The second-order valence-electron chi connectivity index (χ2n) is 4.11. The first-order valence-corrected chi connectivity index (χ1v) is 5.46. The number of ether oxygens (including phenoxy) is 1. The maximum Gasteiger partial charge on any atom is 0.320 e. The minimum Gasteiger partial charge on any atom is -0.462 e. The zero-order chi connectivity index (χ0) is 11.0. The first-order valence-electron chi connectivity index (χ1n) is 5.46. The van der Waals surface area contributed by atoms with Crippen LogP contribution in [0.3, 0.4) is 0 Å². The lowest BCUT2D eigenvalue weighted by Gasteiger charge is -2.12. The lowest BCUT2D eigenvalue weighted by atomic mass is 10.2. The molecule has 0 bridgehead atoms. The highest BCUT2D eigenvalue weighted by Gasteiger charge is 2.07. The van der Waals surface area contributed by atoms with Crippen molar-refractivity contribution in [1.29, 1.82) is 0 Å². The summed E-state index contributed by atoms with van der Waals surface area (Å²) in [6, 6.07) is 0. The van der Waals surface area contributed by atoms with E-state index >= 15 is 0 Å². The Balaban J connectivity index is 3.45. The molecule has 0 spiro atoms. The molecule has 0 aromatic carbocycles. The first kappa shape index (κ1) is 13.4. The Morgan fingerprint density at radius 2 is 2.00 bits per heavy atom. The van der Waals surface area contributed by atoms with E-state index < -0.39 is 0 Å². The molecule has 0 heterocycles. The van der Waals surface area contributed by atoms with E-state index in [0.717, 1.165) is 19.4 Å². The Morgan fingerprint density at radius 3 is 2.50 bits per heavy atom. The summed E-state index contributed by atoms with van der Waals surface area (Å²) >= 11 is 0. The summed E-state index contributed by atoms with van der Waals surface area (Å²) in [5.74, 6) is 0.419. The van der Waals surface area contributed by atoms with E-state index in [1.165, 1.54) is 0 Å². The van der Waals surface area contributed by atoms with Crippen molar-refractivity contribution < 1.29 is 9.53 Å². The summed E-state index contributed by atoms with van der Waals surface area (Å²) in [4.78, 5) is 11.2. The molecule has 1 N–H and O–H groups in total. The number of hydrogen-bond donors (Lipinski definition) is 1. The summed E-state index contributed by atoms with van der Waals surface area (Å²) in [6.45, 7) is 9.42. The van der Waals surface area contributed by atoms with E-state index in [9.17, 15) is 4.79 Å². The zero-order valence-electron chi connectivity index (χ0n) is 9.80. The third-order valence-corrected chi connectivity index (χ3v) is 1.85. The summed E-state index contributed by atoms with van der Waals surface area (Å²) in [5, 5.41) is 3.06. The molecule has 0 aromatic rings. The van der Waals surface area contributed by atoms with E-state index in [4.69, 9.17) is 4.74 Å². The Labute approximate surface area is 87.2 Å². The minimum absolute atomic E-state index is 0.0494. The van der Waals surface area contributed by atoms with E-state index in [0.29, 0.717) is 12.5 Å². The second-order valence-corrected chi connectivity index (χ2v) is 4.11. The van der Waals surface area contributed by atoms with Crippen LogP contribution < -0.4 is 5.32 Å². The van der Waals surface area contributed by atoms with E-state index in [1.54, 1.807) is 0 Å². The molecular weight excluding hydrogens is 178 g/mol. The molecule has 3 nitrogen and oxygen atoms in total. The fraction of sp³-hybridized carbons (Fsp3) is 0.909. The van der Waals surface area contributed by atoms with Crippen LogP contribution >= 0.6 is 0 Å². The predicted molar refractivity (Wildman–Crippen MR) is 58.2 cm³/mol. The van der Waals surface area contributed by atoms with Gasteiger partial charge in [-0.25, -0.2) is 0 Å². The Bertz CT molecular complexity index is 157. The van der Waals surface area contributed by atoms with Gasteiger partial charge in [-0.1, -0.05) is 27.2 Å². The lowest BCUT2D eigenvalue weighted by molar-refractivity contribution is -0.147. The number of carbonyl (C=O) groups is 1. The van der Waals surface area contributed by atoms with Crippen molar-refractivity contribution in [1.82, 2.24) is 5.32 Å². The van der Waals surface area contributed by atoms with Crippen molar-refractivity contribution in [3.05, 3.63) is 0 Å². The molecule has 0 saturated carbocycles. The smallest absolute Gasteiger partial charge is 0.320 e. The molecule has 0 aliphatic rings. The van der Waals surface area contributed by atoms with Gasteiger partial charge in [-0.2, -0.15) is 0 Å². The summed E-state index contributed by atoms with van der Waals surface area (Å²) in [7, 11) is 0. The molecule has 0 radical (unpaired) electrons. The molecule has 1 unspecified atom stereocenters. The van der Waals surface area contributed by atoms with Crippen molar-refractivity contribution >= 4 is 5.97 Å². The van der Waals surface area contributed by atoms with Crippen LogP contribution in [0.4, 0.5) is 0 Å². The topological polar surface area (TPSA) is 38.3 Å². The van der Waals surface area contributed by atoms with Crippen molar-refractivity contribution in [2.75, 3.05) is 13.1 Å². The SMILES string of the molecule is CCCC(C)OC(=O)CNCC(C)C. The van der Waals surface area contributed by atoms with E-state index in [1.807, 2.05) is 6.92 Å². The van der Waals surface area contributed by atoms with Crippen LogP contribution in [0.5, 0.6) is 0 Å². The number of hydrogen-bond acceptors (Lipinski definition) is 3. The van der Waals surface area contributed by atoms with Crippen LogP contribution in [0.2, 0.25) is 0 Å². The van der Waals surface area contributed by atoms with Crippen LogP contribution in [0.15, 0.2) is 0 Å². The molecule has 0 fully saturated rings. The van der Waals surface area contributed by atoms with Gasteiger partial charge < -0.3 is 10.1 Å². The van der Waals surface area contributed by atoms with Gasteiger partial charge in [0.2, 0.25) is 0 Å². The average molecular weight is 201 g/mol. The lowest BCUT2D eigenvalue weighted by Crippen LogP contribution is -2.29. The highest BCUT2D eigenvalue weighted by molar-refractivity contribution is 5.71. The second kappa shape index (κ2) is 7.80. The molecule has 3 heteroatoms. The van der Waals surface area contributed by atoms with Gasteiger partial charge in [0.15, 0.2) is 0 Å². The van der Waals surface area contributed by atoms with Gasteiger partial charge in [-0.3, -0.25) is 4.79 Å². The van der Waals surface area contributed by atoms with E-state index in [-0.39, 0.29) is 12.1 Å². The van der Waals surface area contributed by atoms with Gasteiger partial charge in [0.05, 0.1) is 12.6 Å². The standard InChI is InChI=1S/C11H23NO2/c1-5-6-10(4)14-11(13)8-12-7-9(2)3/h9-10,12H,5-8H2,1-4H3. The Hall–Kier alpha value is -0.570. The fourth-order valence-electron chi connectivity index (χ4n) is 1.19. The molecule has 14 heavy (non-hydrogen) atoms. The van der Waals surface area contributed by atoms with Crippen molar-refractivity contribution in [2.24, 2.45) is 5.92 Å². The van der Waals surface area contributed by atoms with Crippen molar-refractivity contribution in [3.63, 3.8) is 0 Å². The summed E-state index contributed by atoms with van der Waals surface area (Å²) in [6.07, 6.45) is 2.04. The summed E-state index contributed by atoms with van der Waals surface area (Å²) in [5.41, 5.74) is 0. The largest absolute Gasteiger partial charge is 0.462 e. The van der Waals surface area contributed by atoms with Crippen LogP contribution in [0, 0.1) is 5.92 Å². The molecule has 0 aliphatic carbocycles. The minimum atomic E-state index is -0.147. The van der Waals surface area contributed by atoms with Gasteiger partial charge in [0, 0.05) is 0 Å². The molecule has 0 aliphatic heterocycles. The van der Waals surface area contributed by atoms with Gasteiger partial charge in [0.1, 0.15) is 0 Å². The van der Waals surface area contributed by atoms with Crippen LogP contribution in [-0.2, 0) is 9.53 Å². The van der Waals surface area contributed by atoms with Gasteiger partial charge in [0.25, 0.3) is 0 Å². The van der Waals surface area contributed by atoms with Gasteiger partial charge in [-0.05, 0) is 25.8 Å². The highest BCUT2D eigenvalue weighted by atomic mass is 16.5. The normalized spacial score (nSPS) is 12.9. The molecule has 0 aromatic heterocycles. The molecule has 1 atom stereocenters. The number of rotatable bonds is 7. The number of carbonyl (C=O) groups excluding carboxylic acids is 1. The zero-order valence-corrected chi connectivity index (χ0v) is 9.80. The number of esters is 1. The van der Waals surface area contributed by atoms with Crippen molar-refractivity contribution in [2.45, 2.75) is 46.6 Å². The average Bonchev–Trinajstić information content (AvgIpc) is 2.03.